The molecule has 0 saturated heterocycles. The first-order valence-electron chi connectivity index (χ1n) is 19.4. The Kier molecular flexibility index (Phi) is 9.58. The molecule has 4 N–H and O–H groups in total. The molecule has 1 unspecified atom stereocenters. The van der Waals surface area contributed by atoms with Crippen LogP contribution < -0.4 is 26.4 Å². The Morgan fingerprint density at radius 2 is 1.60 bits per heavy atom. The molecule has 298 valence electrons. The largest absolute Gasteiger partial charge is 0.458 e. The van der Waals surface area contributed by atoms with Crippen molar-refractivity contribution in [1.29, 1.82) is 0 Å². The molecular formula is C43H42N6O9. The number of carbonyl (C=O) groups excluding carboxylic acids is 6. The summed E-state index contributed by atoms with van der Waals surface area (Å²) in [6, 6.07) is 9.82. The summed E-state index contributed by atoms with van der Waals surface area (Å²) in [5, 5.41) is 20.7. The van der Waals surface area contributed by atoms with Gasteiger partial charge in [0, 0.05) is 34.4 Å². The summed E-state index contributed by atoms with van der Waals surface area (Å²) in [4.78, 5) is 96.5. The molecule has 0 bridgehead atoms. The maximum atomic E-state index is 13.8. The van der Waals surface area contributed by atoms with E-state index in [9.17, 15) is 38.7 Å². The number of hydrogen-bond acceptors (Lipinski definition) is 10. The van der Waals surface area contributed by atoms with Crippen molar-refractivity contribution in [2.24, 2.45) is 5.92 Å². The van der Waals surface area contributed by atoms with E-state index in [2.05, 4.69) is 16.0 Å². The molecule has 1 aliphatic carbocycles. The Bertz CT molecular complexity index is 2560. The van der Waals surface area contributed by atoms with Gasteiger partial charge in [-0.2, -0.15) is 0 Å². The SMILES string of the molecule is CC[C@@]1(O)C(=O)OCc2c1cc1n(c2=O)Cc2c-1nc1ccc(NC(=O)[C@H](C)NC(=O)C(NC(=O)Cc3ccc(N4C(=O)C=CC4=O)cc3)C(C)C)c3c1c2CCC3. The summed E-state index contributed by atoms with van der Waals surface area (Å²) in [5.74, 6) is -3.36. The van der Waals surface area contributed by atoms with Gasteiger partial charge < -0.3 is 30.4 Å². The third-order valence-electron chi connectivity index (χ3n) is 11.6. The normalized spacial score (nSPS) is 18.7. The van der Waals surface area contributed by atoms with E-state index in [1.807, 2.05) is 6.07 Å². The van der Waals surface area contributed by atoms with Crippen molar-refractivity contribution >= 4 is 57.8 Å². The van der Waals surface area contributed by atoms with Crippen LogP contribution in [0.2, 0.25) is 0 Å². The van der Waals surface area contributed by atoms with Crippen molar-refractivity contribution in [2.75, 3.05) is 10.2 Å². The quantitative estimate of drug-likeness (QED) is 0.120. The third kappa shape index (κ3) is 6.35. The number of fused-ring (bicyclic) bond motifs is 5. The zero-order chi connectivity index (χ0) is 41.2. The molecule has 3 aliphatic heterocycles. The number of esters is 1. The molecule has 58 heavy (non-hydrogen) atoms. The van der Waals surface area contributed by atoms with Crippen molar-refractivity contribution in [3.05, 3.63) is 98.4 Å². The fourth-order valence-electron chi connectivity index (χ4n) is 8.41. The van der Waals surface area contributed by atoms with Gasteiger partial charge in [0.2, 0.25) is 17.7 Å². The molecule has 2 aromatic heterocycles. The lowest BCUT2D eigenvalue weighted by atomic mass is 9.85. The van der Waals surface area contributed by atoms with E-state index in [1.165, 1.54) is 12.2 Å². The number of anilines is 2. The highest BCUT2D eigenvalue weighted by molar-refractivity contribution is 6.28. The van der Waals surface area contributed by atoms with Crippen molar-refractivity contribution in [2.45, 2.75) is 90.6 Å². The number of cyclic esters (lactones) is 1. The van der Waals surface area contributed by atoms with Gasteiger partial charge in [-0.25, -0.2) is 14.7 Å². The lowest BCUT2D eigenvalue weighted by molar-refractivity contribution is -0.172. The van der Waals surface area contributed by atoms with Crippen molar-refractivity contribution in [3.8, 4) is 11.4 Å². The van der Waals surface area contributed by atoms with Crippen molar-refractivity contribution in [3.63, 3.8) is 0 Å². The number of aliphatic hydroxyl groups is 1. The predicted octanol–water partition coefficient (Wildman–Crippen LogP) is 2.82. The number of hydrogen-bond donors (Lipinski definition) is 4. The topological polar surface area (TPSA) is 206 Å². The number of rotatable bonds is 10. The van der Waals surface area contributed by atoms with E-state index in [1.54, 1.807) is 68.7 Å². The van der Waals surface area contributed by atoms with Crippen LogP contribution in [0.25, 0.3) is 22.3 Å². The Morgan fingerprint density at radius 1 is 0.897 bits per heavy atom. The third-order valence-corrected chi connectivity index (χ3v) is 11.6. The highest BCUT2D eigenvalue weighted by atomic mass is 16.6. The van der Waals surface area contributed by atoms with Gasteiger partial charge in [-0.3, -0.25) is 28.8 Å². The summed E-state index contributed by atoms with van der Waals surface area (Å²) in [6.07, 6.45) is 4.56. The summed E-state index contributed by atoms with van der Waals surface area (Å²) >= 11 is 0. The molecule has 3 atom stereocenters. The van der Waals surface area contributed by atoms with E-state index >= 15 is 0 Å². The number of benzene rings is 2. The zero-order valence-corrected chi connectivity index (χ0v) is 32.4. The van der Waals surface area contributed by atoms with Gasteiger partial charge in [-0.1, -0.05) is 32.9 Å². The van der Waals surface area contributed by atoms with Crippen LogP contribution in [0, 0.1) is 5.92 Å². The predicted molar refractivity (Wildman–Crippen MR) is 211 cm³/mol. The number of aromatic nitrogens is 2. The summed E-state index contributed by atoms with van der Waals surface area (Å²) in [5.41, 5.74) is 4.49. The molecule has 2 aromatic carbocycles. The second-order valence-corrected chi connectivity index (χ2v) is 15.6. The van der Waals surface area contributed by atoms with Crippen LogP contribution in [-0.2, 0) is 71.5 Å². The lowest BCUT2D eigenvalue weighted by Gasteiger charge is -2.31. The number of imide groups is 1. The first-order valence-corrected chi connectivity index (χ1v) is 19.4. The van der Waals surface area contributed by atoms with Crippen LogP contribution in [-0.4, -0.2) is 62.2 Å². The molecular weight excluding hydrogens is 745 g/mol. The first-order chi connectivity index (χ1) is 27.7. The standard InChI is InChI=1S/C43H42N6O9/c1-5-43(57)29-18-32-38-27(19-48(32)41(55)28(29)20-58-42(43)56)25-7-6-8-26-30(13-14-31(45-38)36(25)26)46-39(53)22(4)44-40(54)37(21(2)3)47-33(50)17-23-9-11-24(12-10-23)49-34(51)15-16-35(49)52/h9-16,18,21-22,37,57H,5-8,17,19-20H2,1-4H3,(H,44,54)(H,46,53)(H,47,50)/t22-,37?,43-/m0/s1. The average molecular weight is 787 g/mol. The molecule has 4 aromatic rings. The van der Waals surface area contributed by atoms with E-state index < -0.39 is 53.2 Å². The van der Waals surface area contributed by atoms with Crippen LogP contribution in [0.3, 0.4) is 0 Å². The Balaban J connectivity index is 0.968. The number of nitrogens with zero attached hydrogens (tertiary/aromatic N) is 3. The van der Waals surface area contributed by atoms with Crippen LogP contribution in [0.5, 0.6) is 0 Å². The average Bonchev–Trinajstić information content (AvgIpc) is 3.75. The Hall–Kier alpha value is -6.48. The maximum Gasteiger partial charge on any atom is 0.343 e. The number of carbonyl (C=O) groups is 6. The smallest absolute Gasteiger partial charge is 0.343 e. The molecule has 4 aliphatic rings. The summed E-state index contributed by atoms with van der Waals surface area (Å²) in [6.45, 7) is 6.86. The minimum absolute atomic E-state index is 0.0471. The molecule has 5 heterocycles. The lowest BCUT2D eigenvalue weighted by Crippen LogP contribution is -2.54. The molecule has 8 rings (SSSR count). The van der Waals surface area contributed by atoms with Crippen LogP contribution in [0.1, 0.15) is 73.9 Å². The highest BCUT2D eigenvalue weighted by Crippen LogP contribution is 2.43. The minimum Gasteiger partial charge on any atom is -0.458 e. The molecule has 15 nitrogen and oxygen atoms in total. The fraction of sp³-hybridized carbons (Fsp3) is 0.349. The molecule has 5 amide bonds. The summed E-state index contributed by atoms with van der Waals surface area (Å²) in [7, 11) is 0. The highest BCUT2D eigenvalue weighted by Gasteiger charge is 2.45. The van der Waals surface area contributed by atoms with E-state index in [-0.39, 0.29) is 48.6 Å². The number of nitrogens with one attached hydrogen (secondary N) is 3. The Labute approximate surface area is 332 Å². The van der Waals surface area contributed by atoms with Gasteiger partial charge in [0.15, 0.2) is 5.60 Å². The second kappa shape index (κ2) is 14.5. The van der Waals surface area contributed by atoms with Gasteiger partial charge in [0.1, 0.15) is 18.7 Å². The molecule has 0 radical (unpaired) electrons. The van der Waals surface area contributed by atoms with E-state index in [0.717, 1.165) is 39.8 Å². The van der Waals surface area contributed by atoms with Gasteiger partial charge in [0.25, 0.3) is 17.4 Å². The van der Waals surface area contributed by atoms with Crippen molar-refractivity contribution in [1.82, 2.24) is 20.2 Å². The number of aryl methyl sites for hydroxylation is 2. The molecule has 0 spiro atoms. The van der Waals surface area contributed by atoms with E-state index in [0.29, 0.717) is 40.3 Å². The first kappa shape index (κ1) is 38.4. The van der Waals surface area contributed by atoms with Crippen LogP contribution >= 0.6 is 0 Å². The Morgan fingerprint density at radius 3 is 2.29 bits per heavy atom. The van der Waals surface area contributed by atoms with Gasteiger partial charge in [-0.05, 0) is 85.5 Å². The van der Waals surface area contributed by atoms with Gasteiger partial charge in [-0.15, -0.1) is 0 Å². The number of pyridine rings is 2. The monoisotopic (exact) mass is 786 g/mol. The summed E-state index contributed by atoms with van der Waals surface area (Å²) < 4.78 is 6.83. The maximum absolute atomic E-state index is 13.8. The van der Waals surface area contributed by atoms with Gasteiger partial charge in [0.05, 0.1) is 41.1 Å². The minimum atomic E-state index is -1.92. The van der Waals surface area contributed by atoms with E-state index in [4.69, 9.17) is 9.72 Å². The second-order valence-electron chi connectivity index (χ2n) is 15.6. The van der Waals surface area contributed by atoms with Gasteiger partial charge >= 0.3 is 5.97 Å². The fourth-order valence-corrected chi connectivity index (χ4v) is 8.41. The molecule has 0 fully saturated rings. The molecule has 15 heteroatoms. The van der Waals surface area contributed by atoms with Crippen molar-refractivity contribution < 1.29 is 38.6 Å². The van der Waals surface area contributed by atoms with Crippen LogP contribution in [0.4, 0.5) is 11.4 Å². The zero-order valence-electron chi connectivity index (χ0n) is 32.4. The number of amides is 5. The van der Waals surface area contributed by atoms with Crippen LogP contribution in [0.15, 0.2) is 59.4 Å². The molecule has 0 saturated carbocycles. The number of ether oxygens (including phenoxy) is 1.